The van der Waals surface area contributed by atoms with E-state index in [1.54, 1.807) is 5.57 Å². The van der Waals surface area contributed by atoms with Gasteiger partial charge in [0.25, 0.3) is 0 Å². The van der Waals surface area contributed by atoms with Gasteiger partial charge in [-0.25, -0.2) is 0 Å². The molecule has 0 N–H and O–H groups in total. The predicted octanol–water partition coefficient (Wildman–Crippen LogP) is 5.75. The van der Waals surface area contributed by atoms with Gasteiger partial charge in [0.05, 0.1) is 0 Å². The molecule has 6 atom stereocenters. The first kappa shape index (κ1) is 13.2. The third kappa shape index (κ3) is 1.72. The summed E-state index contributed by atoms with van der Waals surface area (Å²) in [5.41, 5.74) is 2.39. The maximum atomic E-state index is 2.65. The molecule has 4 aliphatic rings. The molecule has 0 spiro atoms. The van der Waals surface area contributed by atoms with Gasteiger partial charge in [0.2, 0.25) is 0 Å². The Morgan fingerprint density at radius 3 is 2.90 bits per heavy atom. The van der Waals surface area contributed by atoms with Crippen LogP contribution in [0.3, 0.4) is 0 Å². The van der Waals surface area contributed by atoms with E-state index in [0.29, 0.717) is 5.41 Å². The molecule has 0 saturated heterocycles. The molecule has 0 heteroatoms. The second kappa shape index (κ2) is 4.75. The Morgan fingerprint density at radius 2 is 2.05 bits per heavy atom. The summed E-state index contributed by atoms with van der Waals surface area (Å²) in [6, 6.07) is 0. The van der Waals surface area contributed by atoms with Gasteiger partial charge in [-0.05, 0) is 85.5 Å². The zero-order valence-corrected chi connectivity index (χ0v) is 13.3. The Hall–Kier alpha value is -0.520. The van der Waals surface area contributed by atoms with Crippen molar-refractivity contribution in [1.82, 2.24) is 0 Å². The molecule has 0 nitrogen and oxygen atoms in total. The van der Waals surface area contributed by atoms with E-state index < -0.39 is 0 Å². The molecule has 4 aliphatic carbocycles. The smallest absolute Gasteiger partial charge is 0.0131 e. The molecule has 0 radical (unpaired) electrons. The van der Waals surface area contributed by atoms with Crippen LogP contribution in [0.15, 0.2) is 23.8 Å². The van der Waals surface area contributed by atoms with Crippen LogP contribution >= 0.6 is 0 Å². The lowest BCUT2D eigenvalue weighted by Gasteiger charge is -2.53. The molecule has 2 fully saturated rings. The number of hydrogen-bond donors (Lipinski definition) is 0. The number of hydrogen-bond acceptors (Lipinski definition) is 0. The van der Waals surface area contributed by atoms with Gasteiger partial charge in [-0.15, -0.1) is 0 Å². The van der Waals surface area contributed by atoms with Crippen LogP contribution in [0.1, 0.15) is 65.2 Å². The molecule has 0 aromatic rings. The first-order valence-electron chi connectivity index (χ1n) is 9.10. The molecule has 110 valence electrons. The third-order valence-electron chi connectivity index (χ3n) is 7.71. The molecular weight excluding hydrogens is 240 g/mol. The van der Waals surface area contributed by atoms with Crippen molar-refractivity contribution in [2.24, 2.45) is 35.0 Å². The van der Waals surface area contributed by atoms with E-state index in [4.69, 9.17) is 0 Å². The van der Waals surface area contributed by atoms with Gasteiger partial charge in [-0.1, -0.05) is 38.5 Å². The maximum Gasteiger partial charge on any atom is -0.0131 e. The highest BCUT2D eigenvalue weighted by molar-refractivity contribution is 5.29. The summed E-state index contributed by atoms with van der Waals surface area (Å²) in [6.45, 7) is 5.07. The Labute approximate surface area is 124 Å². The van der Waals surface area contributed by atoms with Crippen molar-refractivity contribution >= 4 is 0 Å². The standard InChI is InChI=1S/C20H30/c1-3-15-9-11-19-18-10-8-14-6-4-5-7-16(14)17(18)12-13-20(15,19)2/h4,6,8,15-19H,3,5,7,9-13H2,1-2H3/t15-,16-,17+,18+,19-,20+/m0/s1. The second-order valence-corrected chi connectivity index (χ2v) is 8.19. The SMILES string of the molecule is CC[C@H]1CC[C@H]2[C@@H]3CC=C4C=CCC[C@@H]4[C@H]3CC[C@]12C. The van der Waals surface area contributed by atoms with Gasteiger partial charge in [0.1, 0.15) is 0 Å². The van der Waals surface area contributed by atoms with E-state index in [1.807, 2.05) is 0 Å². The summed E-state index contributed by atoms with van der Waals surface area (Å²) in [5, 5.41) is 0. The van der Waals surface area contributed by atoms with E-state index in [9.17, 15) is 0 Å². The molecule has 0 amide bonds. The summed E-state index contributed by atoms with van der Waals surface area (Å²) in [4.78, 5) is 0. The summed E-state index contributed by atoms with van der Waals surface area (Å²) in [6.07, 6.45) is 19.1. The topological polar surface area (TPSA) is 0 Å². The van der Waals surface area contributed by atoms with Crippen LogP contribution in [0.2, 0.25) is 0 Å². The largest absolute Gasteiger partial charge is 0.0842 e. The lowest BCUT2D eigenvalue weighted by Crippen LogP contribution is -2.45. The molecule has 2 saturated carbocycles. The Bertz CT molecular complexity index is 443. The maximum absolute atomic E-state index is 2.65. The lowest BCUT2D eigenvalue weighted by molar-refractivity contribution is -0.00945. The van der Waals surface area contributed by atoms with Crippen LogP contribution in [0.25, 0.3) is 0 Å². The monoisotopic (exact) mass is 270 g/mol. The Morgan fingerprint density at radius 1 is 1.15 bits per heavy atom. The van der Waals surface area contributed by atoms with Crippen molar-refractivity contribution in [1.29, 1.82) is 0 Å². The van der Waals surface area contributed by atoms with E-state index >= 15 is 0 Å². The van der Waals surface area contributed by atoms with Gasteiger partial charge >= 0.3 is 0 Å². The minimum absolute atomic E-state index is 0.686. The molecular formula is C20H30. The number of fused-ring (bicyclic) bond motifs is 5. The van der Waals surface area contributed by atoms with E-state index in [0.717, 1.165) is 29.6 Å². The van der Waals surface area contributed by atoms with Crippen molar-refractivity contribution < 1.29 is 0 Å². The minimum Gasteiger partial charge on any atom is -0.0842 e. The quantitative estimate of drug-likeness (QED) is 0.569. The highest BCUT2D eigenvalue weighted by Gasteiger charge is 2.54. The lowest BCUT2D eigenvalue weighted by atomic mass is 9.52. The molecule has 0 aromatic carbocycles. The fourth-order valence-electron chi connectivity index (χ4n) is 6.67. The first-order valence-corrected chi connectivity index (χ1v) is 9.10. The molecule has 20 heavy (non-hydrogen) atoms. The third-order valence-corrected chi connectivity index (χ3v) is 7.71. The van der Waals surface area contributed by atoms with Crippen LogP contribution in [-0.4, -0.2) is 0 Å². The Kier molecular flexibility index (Phi) is 3.13. The van der Waals surface area contributed by atoms with E-state index in [2.05, 4.69) is 32.1 Å². The molecule has 4 rings (SSSR count). The van der Waals surface area contributed by atoms with Crippen molar-refractivity contribution in [2.45, 2.75) is 65.2 Å². The fraction of sp³-hybridized carbons (Fsp3) is 0.800. The molecule has 0 unspecified atom stereocenters. The van der Waals surface area contributed by atoms with Crippen LogP contribution in [-0.2, 0) is 0 Å². The van der Waals surface area contributed by atoms with Crippen LogP contribution in [0.5, 0.6) is 0 Å². The second-order valence-electron chi connectivity index (χ2n) is 8.19. The minimum atomic E-state index is 0.686. The van der Waals surface area contributed by atoms with Crippen LogP contribution in [0.4, 0.5) is 0 Å². The normalized spacial score (nSPS) is 50.1. The first-order chi connectivity index (χ1) is 9.74. The van der Waals surface area contributed by atoms with E-state index in [1.165, 1.54) is 51.4 Å². The predicted molar refractivity (Wildman–Crippen MR) is 85.4 cm³/mol. The van der Waals surface area contributed by atoms with Gasteiger partial charge in [0.15, 0.2) is 0 Å². The average Bonchev–Trinajstić information content (AvgIpc) is 2.83. The van der Waals surface area contributed by atoms with Crippen molar-refractivity contribution in [3.63, 3.8) is 0 Å². The van der Waals surface area contributed by atoms with Gasteiger partial charge in [-0.2, -0.15) is 0 Å². The van der Waals surface area contributed by atoms with E-state index in [-0.39, 0.29) is 0 Å². The number of allylic oxidation sites excluding steroid dienone is 4. The van der Waals surface area contributed by atoms with Crippen molar-refractivity contribution in [3.05, 3.63) is 23.8 Å². The summed E-state index contributed by atoms with van der Waals surface area (Å²) in [5.74, 6) is 5.02. The van der Waals surface area contributed by atoms with Crippen molar-refractivity contribution in [3.8, 4) is 0 Å². The zero-order valence-electron chi connectivity index (χ0n) is 13.3. The van der Waals surface area contributed by atoms with Gasteiger partial charge in [-0.3, -0.25) is 0 Å². The fourth-order valence-corrected chi connectivity index (χ4v) is 6.67. The number of rotatable bonds is 1. The van der Waals surface area contributed by atoms with Gasteiger partial charge < -0.3 is 0 Å². The summed E-state index contributed by atoms with van der Waals surface area (Å²) < 4.78 is 0. The summed E-state index contributed by atoms with van der Waals surface area (Å²) in [7, 11) is 0. The molecule has 0 bridgehead atoms. The zero-order chi connectivity index (χ0) is 13.7. The summed E-state index contributed by atoms with van der Waals surface area (Å²) >= 11 is 0. The van der Waals surface area contributed by atoms with Crippen molar-refractivity contribution in [2.75, 3.05) is 0 Å². The molecule has 0 aromatic heterocycles. The van der Waals surface area contributed by atoms with Gasteiger partial charge in [0, 0.05) is 0 Å². The molecule has 0 heterocycles. The average molecular weight is 270 g/mol. The Balaban J connectivity index is 1.64. The molecule has 0 aliphatic heterocycles. The van der Waals surface area contributed by atoms with Crippen LogP contribution in [0, 0.1) is 35.0 Å². The highest BCUT2D eigenvalue weighted by atomic mass is 14.6. The van der Waals surface area contributed by atoms with Crippen LogP contribution < -0.4 is 0 Å². The highest BCUT2D eigenvalue weighted by Crippen LogP contribution is 2.63.